The number of anilines is 1. The van der Waals surface area contributed by atoms with E-state index < -0.39 is 6.10 Å². The number of carbonyl (C=O) groups is 1. The van der Waals surface area contributed by atoms with Crippen molar-refractivity contribution in [2.45, 2.75) is 18.9 Å². The van der Waals surface area contributed by atoms with E-state index in [2.05, 4.69) is 27.9 Å². The number of halogens is 1. The molecule has 2 heterocycles. The molecule has 3 rings (SSSR count). The molecule has 0 fully saturated rings. The summed E-state index contributed by atoms with van der Waals surface area (Å²) in [6, 6.07) is 7.74. The van der Waals surface area contributed by atoms with Crippen molar-refractivity contribution in [3.63, 3.8) is 0 Å². The minimum Gasteiger partial charge on any atom is -0.384 e. The van der Waals surface area contributed by atoms with E-state index in [1.165, 1.54) is 0 Å². The molecule has 0 aliphatic carbocycles. The van der Waals surface area contributed by atoms with Gasteiger partial charge < -0.3 is 10.4 Å². The molecule has 0 bridgehead atoms. The van der Waals surface area contributed by atoms with Gasteiger partial charge >= 0.3 is 0 Å². The maximum atomic E-state index is 11.3. The van der Waals surface area contributed by atoms with E-state index in [1.807, 2.05) is 29.6 Å². The van der Waals surface area contributed by atoms with Crippen LogP contribution in [0, 0.1) is 2.88 Å². The summed E-state index contributed by atoms with van der Waals surface area (Å²) in [7, 11) is 0. The van der Waals surface area contributed by atoms with Gasteiger partial charge in [0.05, 0.1) is 2.88 Å². The quantitative estimate of drug-likeness (QED) is 0.780. The number of nitrogens with one attached hydrogen (secondary N) is 1. The number of benzene rings is 1. The van der Waals surface area contributed by atoms with Crippen molar-refractivity contribution in [3.8, 4) is 0 Å². The average Bonchev–Trinajstić information content (AvgIpc) is 2.84. The molecule has 3 nitrogen and oxygen atoms in total. The van der Waals surface area contributed by atoms with Crippen molar-refractivity contribution in [2.24, 2.45) is 0 Å². The Bertz CT molecular complexity index is 638. The van der Waals surface area contributed by atoms with Crippen molar-refractivity contribution in [1.29, 1.82) is 0 Å². The maximum absolute atomic E-state index is 11.3. The zero-order chi connectivity index (χ0) is 13.4. The number of rotatable bonds is 2. The topological polar surface area (TPSA) is 49.3 Å². The predicted molar refractivity (Wildman–Crippen MR) is 84.5 cm³/mol. The summed E-state index contributed by atoms with van der Waals surface area (Å²) in [6.45, 7) is 0. The maximum Gasteiger partial charge on any atom is 0.224 e. The molecule has 1 unspecified atom stereocenters. The number of carbonyl (C=O) groups excluding carboxylic acids is 1. The summed E-state index contributed by atoms with van der Waals surface area (Å²) in [6.07, 6.45) is 0.661. The van der Waals surface area contributed by atoms with Crippen LogP contribution in [0.3, 0.4) is 0 Å². The highest BCUT2D eigenvalue weighted by Crippen LogP contribution is 2.31. The van der Waals surface area contributed by atoms with Crippen LogP contribution < -0.4 is 5.32 Å². The zero-order valence-corrected chi connectivity index (χ0v) is 13.0. The number of thiophene rings is 1. The fourth-order valence-electron chi connectivity index (χ4n) is 2.23. The van der Waals surface area contributed by atoms with Gasteiger partial charge in [0, 0.05) is 12.1 Å². The molecule has 0 spiro atoms. The van der Waals surface area contributed by atoms with Gasteiger partial charge in [-0.05, 0) is 63.2 Å². The second-order valence-corrected chi connectivity index (χ2v) is 7.36. The third-order valence-corrected chi connectivity index (χ3v) is 5.05. The van der Waals surface area contributed by atoms with Gasteiger partial charge in [-0.1, -0.05) is 12.1 Å². The largest absolute Gasteiger partial charge is 0.384 e. The molecule has 19 heavy (non-hydrogen) atoms. The molecule has 1 aromatic carbocycles. The van der Waals surface area contributed by atoms with Crippen LogP contribution in [0.4, 0.5) is 5.69 Å². The number of fused-ring (bicyclic) bond motifs is 1. The molecule has 1 aliphatic rings. The lowest BCUT2D eigenvalue weighted by Crippen LogP contribution is -2.19. The fraction of sp³-hybridized carbons (Fsp3) is 0.214. The molecule has 5 heteroatoms. The number of aryl methyl sites for hydroxylation is 1. The molecule has 1 aliphatic heterocycles. The second kappa shape index (κ2) is 5.22. The van der Waals surface area contributed by atoms with Gasteiger partial charge in [0.1, 0.15) is 6.10 Å². The highest BCUT2D eigenvalue weighted by Gasteiger charge is 2.18. The summed E-state index contributed by atoms with van der Waals surface area (Å²) >= 11 is 3.88. The Labute approximate surface area is 128 Å². The lowest BCUT2D eigenvalue weighted by Gasteiger charge is -2.19. The lowest BCUT2D eigenvalue weighted by atomic mass is 9.96. The van der Waals surface area contributed by atoms with Crippen molar-refractivity contribution in [1.82, 2.24) is 0 Å². The number of aliphatic hydroxyl groups is 1. The number of hydrogen-bond donors (Lipinski definition) is 2. The molecule has 1 atom stereocenters. The first-order valence-electron chi connectivity index (χ1n) is 5.98. The summed E-state index contributed by atoms with van der Waals surface area (Å²) in [4.78, 5) is 11.3. The first-order chi connectivity index (χ1) is 9.13. The van der Waals surface area contributed by atoms with Gasteiger partial charge in [0.25, 0.3) is 0 Å². The van der Waals surface area contributed by atoms with Crippen LogP contribution in [0.1, 0.15) is 29.2 Å². The summed E-state index contributed by atoms with van der Waals surface area (Å²) in [5, 5.41) is 15.2. The molecule has 98 valence electrons. The molecule has 1 amide bonds. The molecular formula is C14H12INO2S. The van der Waals surface area contributed by atoms with E-state index in [-0.39, 0.29) is 5.91 Å². The Hall–Kier alpha value is -0.920. The van der Waals surface area contributed by atoms with Crippen LogP contribution in [-0.4, -0.2) is 11.0 Å². The number of amides is 1. The van der Waals surface area contributed by atoms with Gasteiger partial charge in [0.2, 0.25) is 5.91 Å². The SMILES string of the molecule is O=C1CCc2cc(C(O)c3csc(I)c3)ccc2N1. The Morgan fingerprint density at radius 1 is 1.26 bits per heavy atom. The predicted octanol–water partition coefficient (Wildman–Crippen LogP) is 3.32. The van der Waals surface area contributed by atoms with Crippen LogP contribution >= 0.6 is 33.9 Å². The van der Waals surface area contributed by atoms with E-state index in [0.29, 0.717) is 6.42 Å². The molecular weight excluding hydrogens is 373 g/mol. The molecule has 0 radical (unpaired) electrons. The van der Waals surface area contributed by atoms with Crippen LogP contribution in [-0.2, 0) is 11.2 Å². The molecule has 2 N–H and O–H groups in total. The lowest BCUT2D eigenvalue weighted by molar-refractivity contribution is -0.116. The van der Waals surface area contributed by atoms with Crippen LogP contribution in [0.5, 0.6) is 0 Å². The van der Waals surface area contributed by atoms with Gasteiger partial charge in [0.15, 0.2) is 0 Å². The van der Waals surface area contributed by atoms with Gasteiger partial charge in [-0.25, -0.2) is 0 Å². The minimum atomic E-state index is -0.595. The summed E-state index contributed by atoms with van der Waals surface area (Å²) < 4.78 is 1.16. The Balaban J connectivity index is 1.92. The van der Waals surface area contributed by atoms with Crippen LogP contribution in [0.15, 0.2) is 29.6 Å². The van der Waals surface area contributed by atoms with Crippen molar-refractivity contribution in [3.05, 3.63) is 49.2 Å². The number of aliphatic hydroxyl groups excluding tert-OH is 1. The van der Waals surface area contributed by atoms with E-state index >= 15 is 0 Å². The van der Waals surface area contributed by atoms with Gasteiger partial charge in [-0.15, -0.1) is 11.3 Å². The highest BCUT2D eigenvalue weighted by molar-refractivity contribution is 14.1. The zero-order valence-electron chi connectivity index (χ0n) is 10.0. The third kappa shape index (κ3) is 2.68. The normalized spacial score (nSPS) is 15.8. The highest BCUT2D eigenvalue weighted by atomic mass is 127. The summed E-state index contributed by atoms with van der Waals surface area (Å²) in [5.41, 5.74) is 3.77. The molecule has 0 saturated heterocycles. The third-order valence-electron chi connectivity index (χ3n) is 3.24. The number of hydrogen-bond acceptors (Lipinski definition) is 3. The van der Waals surface area contributed by atoms with Crippen LogP contribution in [0.2, 0.25) is 0 Å². The van der Waals surface area contributed by atoms with Gasteiger partial charge in [-0.2, -0.15) is 0 Å². The molecule has 2 aromatic rings. The van der Waals surface area contributed by atoms with E-state index in [1.54, 1.807) is 11.3 Å². The average molecular weight is 385 g/mol. The molecule has 0 saturated carbocycles. The minimum absolute atomic E-state index is 0.0631. The van der Waals surface area contributed by atoms with E-state index in [0.717, 1.165) is 31.7 Å². The fourth-order valence-corrected chi connectivity index (χ4v) is 3.62. The first-order valence-corrected chi connectivity index (χ1v) is 7.94. The summed E-state index contributed by atoms with van der Waals surface area (Å²) in [5.74, 6) is 0.0631. The molecule has 1 aromatic heterocycles. The van der Waals surface area contributed by atoms with Crippen LogP contribution in [0.25, 0.3) is 0 Å². The van der Waals surface area contributed by atoms with Crippen molar-refractivity contribution >= 4 is 45.5 Å². The standard InChI is InChI=1S/C14H12INO2S/c15-12-6-10(7-19-12)14(18)9-1-3-11-8(5-9)2-4-13(17)16-11/h1,3,5-7,14,18H,2,4H2,(H,16,17). The smallest absolute Gasteiger partial charge is 0.224 e. The second-order valence-electron chi connectivity index (χ2n) is 4.55. The van der Waals surface area contributed by atoms with Crippen molar-refractivity contribution < 1.29 is 9.90 Å². The first kappa shape index (κ1) is 13.1. The monoisotopic (exact) mass is 385 g/mol. The Morgan fingerprint density at radius 3 is 2.84 bits per heavy atom. The van der Waals surface area contributed by atoms with Gasteiger partial charge in [-0.3, -0.25) is 4.79 Å². The van der Waals surface area contributed by atoms with E-state index in [4.69, 9.17) is 0 Å². The Morgan fingerprint density at radius 2 is 2.11 bits per heavy atom. The van der Waals surface area contributed by atoms with E-state index in [9.17, 15) is 9.90 Å². The van der Waals surface area contributed by atoms with Crippen molar-refractivity contribution in [2.75, 3.05) is 5.32 Å². The Kier molecular flexibility index (Phi) is 3.60.